The van der Waals surface area contributed by atoms with Crippen molar-refractivity contribution in [2.45, 2.75) is 496 Å². The molecule has 0 bridgehead atoms. The molecule has 0 saturated carbocycles. The Labute approximate surface area is 655 Å². The van der Waals surface area contributed by atoms with Crippen LogP contribution >= 0.6 is 0 Å². The summed E-state index contributed by atoms with van der Waals surface area (Å²) in [4.78, 5) is 45.9. The molecular weight excluding hydrogens is 1300 g/mol. The summed E-state index contributed by atoms with van der Waals surface area (Å²) in [6, 6.07) is 0. The van der Waals surface area contributed by atoms with Gasteiger partial charge in [0.05, 0.1) is 32.0 Å². The van der Waals surface area contributed by atoms with Gasteiger partial charge in [-0.2, -0.15) is 0 Å². The second kappa shape index (κ2) is 87.5. The molecular formula is C94H185N3O8. The molecule has 0 amide bonds. The largest absolute Gasteiger partial charge is 0.466 e. The third-order valence-corrected chi connectivity index (χ3v) is 22.2. The van der Waals surface area contributed by atoms with E-state index in [1.54, 1.807) is 6.08 Å². The van der Waals surface area contributed by atoms with Crippen LogP contribution in [0.1, 0.15) is 484 Å². The number of hydrogen-bond acceptors (Lipinski definition) is 11. The zero-order valence-corrected chi connectivity index (χ0v) is 71.5. The van der Waals surface area contributed by atoms with E-state index in [1.807, 2.05) is 6.08 Å². The van der Waals surface area contributed by atoms with Crippen molar-refractivity contribution in [1.29, 1.82) is 0 Å². The maximum Gasteiger partial charge on any atom is 0.330 e. The van der Waals surface area contributed by atoms with Gasteiger partial charge in [0, 0.05) is 45.1 Å². The van der Waals surface area contributed by atoms with Gasteiger partial charge in [-0.3, -0.25) is 14.5 Å². The van der Waals surface area contributed by atoms with Crippen LogP contribution in [0.5, 0.6) is 0 Å². The molecule has 0 rings (SSSR count). The number of aliphatic hydroxyl groups excluding tert-OH is 2. The minimum atomic E-state index is -0.594. The standard InChI is InChI=1S/C94H185N3O8/c1-6-11-16-21-26-31-36-40-45-50-55-59-69-84-103-92(100)75-64-62-63-74-90(98)87-95(78-65-57-52-47-42-38-33-28-23-18-13-8-3)80-67-68-81-96(79-66-58-53-48-43-39-34-29-24-19-14-9-4)88-91(99)89-97(82-72-76-93(101)104-85-70-60-54-49-44-35-30-25-20-15-10-5)83-73-77-94(102)105-86-71-61-56-51-46-41-37-32-27-22-17-12-7-2/h73,77,90-91,98-99H,6-72,74-76,78-89H2,1-5H3/b77-73+. The van der Waals surface area contributed by atoms with Crippen LogP contribution in [0.25, 0.3) is 0 Å². The summed E-state index contributed by atoms with van der Waals surface area (Å²) in [5.41, 5.74) is 0. The first-order valence-corrected chi connectivity index (χ1v) is 47.4. The lowest BCUT2D eigenvalue weighted by Crippen LogP contribution is -2.41. The number of ether oxygens (including phenoxy) is 3. The third kappa shape index (κ3) is 82.7. The number of hydrogen-bond donors (Lipinski definition) is 2. The Kier molecular flexibility index (Phi) is 85.8. The van der Waals surface area contributed by atoms with Crippen molar-refractivity contribution in [2.24, 2.45) is 0 Å². The molecule has 0 radical (unpaired) electrons. The highest BCUT2D eigenvalue weighted by atomic mass is 16.5. The van der Waals surface area contributed by atoms with Gasteiger partial charge in [0.2, 0.25) is 0 Å². The quantitative estimate of drug-likeness (QED) is 0.0261. The van der Waals surface area contributed by atoms with Crippen LogP contribution in [-0.4, -0.2) is 134 Å². The molecule has 11 nitrogen and oxygen atoms in total. The Bertz CT molecular complexity index is 1750. The van der Waals surface area contributed by atoms with Crippen molar-refractivity contribution < 1.29 is 38.8 Å². The molecule has 0 fully saturated rings. The number of carbonyl (C=O) groups is 3. The average Bonchev–Trinajstić information content (AvgIpc) is 1.01. The van der Waals surface area contributed by atoms with E-state index in [1.165, 1.54) is 340 Å². The van der Waals surface area contributed by atoms with E-state index >= 15 is 0 Å². The Morgan fingerprint density at radius 2 is 0.486 bits per heavy atom. The molecule has 11 heteroatoms. The Morgan fingerprint density at radius 3 is 0.800 bits per heavy atom. The summed E-state index contributed by atoms with van der Waals surface area (Å²) < 4.78 is 17.0. The highest BCUT2D eigenvalue weighted by Gasteiger charge is 2.18. The molecule has 0 aromatic carbocycles. The van der Waals surface area contributed by atoms with Gasteiger partial charge >= 0.3 is 17.9 Å². The smallest absolute Gasteiger partial charge is 0.330 e. The van der Waals surface area contributed by atoms with Crippen LogP contribution < -0.4 is 0 Å². The van der Waals surface area contributed by atoms with Gasteiger partial charge in [-0.15, -0.1) is 0 Å². The van der Waals surface area contributed by atoms with Crippen molar-refractivity contribution in [3.8, 4) is 0 Å². The minimum Gasteiger partial charge on any atom is -0.466 e. The van der Waals surface area contributed by atoms with Gasteiger partial charge < -0.3 is 34.2 Å². The fraction of sp³-hybridized carbons (Fsp3) is 0.947. The number of rotatable bonds is 90. The second-order valence-corrected chi connectivity index (χ2v) is 32.9. The SMILES string of the molecule is CCCCCCCCCCCCCCCOC(=O)/C=C/CN(CCCC(=O)OCCCCCCCCCCCCC)CC(O)CN(CCCCCCCCCCCCCC)CCCCN(CCCCCCCCCCCCCC)CC(O)CCCCCC(=O)OCCCCCCCCCCCCCCC. The maximum atomic E-state index is 13.0. The van der Waals surface area contributed by atoms with Crippen LogP contribution in [0.4, 0.5) is 0 Å². The van der Waals surface area contributed by atoms with E-state index in [-0.39, 0.29) is 24.0 Å². The molecule has 2 atom stereocenters. The number of nitrogens with zero attached hydrogens (tertiary/aromatic N) is 3. The molecule has 0 heterocycles. The predicted molar refractivity (Wildman–Crippen MR) is 455 cm³/mol. The van der Waals surface area contributed by atoms with Gasteiger partial charge in [0.1, 0.15) is 0 Å². The number of unbranched alkanes of at least 4 members (excludes halogenated alkanes) is 59. The summed E-state index contributed by atoms with van der Waals surface area (Å²) >= 11 is 0. The van der Waals surface area contributed by atoms with E-state index in [0.717, 1.165) is 116 Å². The van der Waals surface area contributed by atoms with Gasteiger partial charge in [-0.1, -0.05) is 413 Å². The van der Waals surface area contributed by atoms with Crippen LogP contribution in [0.3, 0.4) is 0 Å². The predicted octanol–water partition coefficient (Wildman–Crippen LogP) is 27.2. The van der Waals surface area contributed by atoms with Crippen molar-refractivity contribution in [2.75, 3.05) is 78.7 Å². The van der Waals surface area contributed by atoms with E-state index < -0.39 is 6.10 Å². The maximum absolute atomic E-state index is 13.0. The van der Waals surface area contributed by atoms with Gasteiger partial charge in [0.15, 0.2) is 0 Å². The normalized spacial score (nSPS) is 12.5. The zero-order valence-electron chi connectivity index (χ0n) is 71.5. The molecule has 105 heavy (non-hydrogen) atoms. The molecule has 0 aromatic heterocycles. The second-order valence-electron chi connectivity index (χ2n) is 32.9. The summed E-state index contributed by atoms with van der Waals surface area (Å²) in [6.45, 7) is 19.6. The minimum absolute atomic E-state index is 0.0688. The Balaban J connectivity index is 5.77. The van der Waals surface area contributed by atoms with Crippen LogP contribution in [-0.2, 0) is 28.6 Å². The van der Waals surface area contributed by atoms with Crippen LogP contribution in [0, 0.1) is 0 Å². The lowest BCUT2D eigenvalue weighted by atomic mass is 10.0. The third-order valence-electron chi connectivity index (χ3n) is 22.2. The van der Waals surface area contributed by atoms with Gasteiger partial charge in [-0.05, 0) is 96.9 Å². The van der Waals surface area contributed by atoms with Crippen molar-refractivity contribution in [1.82, 2.24) is 14.7 Å². The van der Waals surface area contributed by atoms with Gasteiger partial charge in [-0.25, -0.2) is 4.79 Å². The lowest BCUT2D eigenvalue weighted by molar-refractivity contribution is -0.144. The molecule has 624 valence electrons. The summed E-state index contributed by atoms with van der Waals surface area (Å²) in [5.74, 6) is -0.524. The van der Waals surface area contributed by atoms with Crippen LogP contribution in [0.2, 0.25) is 0 Å². The molecule has 2 N–H and O–H groups in total. The monoisotopic (exact) mass is 1480 g/mol. The molecule has 0 aliphatic carbocycles. The molecule has 0 spiro atoms. The first-order chi connectivity index (χ1) is 51.7. The van der Waals surface area contributed by atoms with Crippen molar-refractivity contribution >= 4 is 17.9 Å². The van der Waals surface area contributed by atoms with Crippen molar-refractivity contribution in [3.05, 3.63) is 12.2 Å². The molecule has 0 saturated heterocycles. The Hall–Kier alpha value is -2.05. The highest BCUT2D eigenvalue weighted by Crippen LogP contribution is 2.20. The first-order valence-electron chi connectivity index (χ1n) is 47.4. The zero-order chi connectivity index (χ0) is 76.1. The van der Waals surface area contributed by atoms with E-state index in [0.29, 0.717) is 71.8 Å². The number of esters is 3. The average molecular weight is 1490 g/mol. The lowest BCUT2D eigenvalue weighted by Gasteiger charge is -2.29. The van der Waals surface area contributed by atoms with E-state index in [2.05, 4.69) is 49.3 Å². The fourth-order valence-corrected chi connectivity index (χ4v) is 15.2. The van der Waals surface area contributed by atoms with E-state index in [4.69, 9.17) is 14.2 Å². The molecule has 0 aliphatic heterocycles. The van der Waals surface area contributed by atoms with Crippen LogP contribution in [0.15, 0.2) is 12.2 Å². The summed E-state index contributed by atoms with van der Waals surface area (Å²) in [6.07, 6.45) is 88.6. The number of carbonyl (C=O) groups excluding carboxylic acids is 3. The Morgan fingerprint density at radius 1 is 0.257 bits per heavy atom. The highest BCUT2D eigenvalue weighted by molar-refractivity contribution is 5.81. The number of aliphatic hydroxyl groups is 2. The topological polar surface area (TPSA) is 129 Å². The molecule has 0 aromatic rings. The fourth-order valence-electron chi connectivity index (χ4n) is 15.2. The summed E-state index contributed by atoms with van der Waals surface area (Å²) in [5, 5.41) is 23.6. The molecule has 2 unspecified atom stereocenters. The first kappa shape index (κ1) is 103. The van der Waals surface area contributed by atoms with Crippen molar-refractivity contribution in [3.63, 3.8) is 0 Å². The van der Waals surface area contributed by atoms with E-state index in [9.17, 15) is 24.6 Å². The van der Waals surface area contributed by atoms with Gasteiger partial charge in [0.25, 0.3) is 0 Å². The summed E-state index contributed by atoms with van der Waals surface area (Å²) in [7, 11) is 0. The molecule has 0 aliphatic rings.